The van der Waals surface area contributed by atoms with Crippen molar-refractivity contribution in [1.82, 2.24) is 4.90 Å². The molecule has 0 unspecified atom stereocenters. The molecule has 0 saturated carbocycles. The number of piperidine rings is 1. The second kappa shape index (κ2) is 6.96. The van der Waals surface area contributed by atoms with Gasteiger partial charge in [0.05, 0.1) is 7.11 Å². The van der Waals surface area contributed by atoms with E-state index in [0.717, 1.165) is 12.3 Å². The fourth-order valence-electron chi connectivity index (χ4n) is 2.78. The summed E-state index contributed by atoms with van der Waals surface area (Å²) in [6.07, 6.45) is 2.41. The molecule has 1 aliphatic heterocycles. The predicted molar refractivity (Wildman–Crippen MR) is 89.2 cm³/mol. The average molecular weight is 302 g/mol. The van der Waals surface area contributed by atoms with Crippen LogP contribution in [0.2, 0.25) is 0 Å². The summed E-state index contributed by atoms with van der Waals surface area (Å²) in [6.45, 7) is 3.45. The van der Waals surface area contributed by atoms with E-state index < -0.39 is 0 Å². The highest BCUT2D eigenvalue weighted by Gasteiger charge is 2.19. The van der Waals surface area contributed by atoms with Crippen molar-refractivity contribution in [2.24, 2.45) is 0 Å². The molecular weight excluding hydrogens is 280 g/mol. The molecule has 2 aromatic rings. The number of benzene rings is 1. The van der Waals surface area contributed by atoms with Crippen molar-refractivity contribution in [3.05, 3.63) is 46.7 Å². The number of nitrogens with zero attached hydrogens (tertiary/aromatic N) is 1. The smallest absolute Gasteiger partial charge is 0.119 e. The number of ether oxygens (including phenoxy) is 1. The van der Waals surface area contributed by atoms with Gasteiger partial charge in [0, 0.05) is 36.2 Å². The predicted octanol–water partition coefficient (Wildman–Crippen LogP) is 3.83. The lowest BCUT2D eigenvalue weighted by Gasteiger charge is -2.32. The van der Waals surface area contributed by atoms with Gasteiger partial charge in [0.15, 0.2) is 0 Å². The summed E-state index contributed by atoms with van der Waals surface area (Å²) < 4.78 is 5.19. The third kappa shape index (κ3) is 3.99. The first-order valence-electron chi connectivity index (χ1n) is 7.49. The van der Waals surface area contributed by atoms with Gasteiger partial charge in [-0.15, -0.1) is 11.3 Å². The number of hydrogen-bond acceptors (Lipinski definition) is 4. The van der Waals surface area contributed by atoms with Crippen LogP contribution >= 0.6 is 11.3 Å². The maximum absolute atomic E-state index is 5.19. The Kier molecular flexibility index (Phi) is 4.78. The van der Waals surface area contributed by atoms with Gasteiger partial charge in [0.2, 0.25) is 0 Å². The minimum atomic E-state index is 0.581. The number of nitrogens with one attached hydrogen (secondary N) is 1. The monoisotopic (exact) mass is 302 g/mol. The first kappa shape index (κ1) is 14.4. The molecule has 3 nitrogen and oxygen atoms in total. The summed E-state index contributed by atoms with van der Waals surface area (Å²) in [7, 11) is 1.70. The van der Waals surface area contributed by atoms with Crippen molar-refractivity contribution in [2.75, 3.05) is 25.5 Å². The first-order chi connectivity index (χ1) is 10.3. The Morgan fingerprint density at radius 2 is 1.95 bits per heavy atom. The van der Waals surface area contributed by atoms with E-state index in [1.54, 1.807) is 7.11 Å². The number of thiophene rings is 1. The zero-order valence-electron chi connectivity index (χ0n) is 12.4. The van der Waals surface area contributed by atoms with Gasteiger partial charge in [0.25, 0.3) is 0 Å². The van der Waals surface area contributed by atoms with Gasteiger partial charge in [0.1, 0.15) is 5.75 Å². The number of rotatable bonds is 5. The van der Waals surface area contributed by atoms with Gasteiger partial charge in [-0.25, -0.2) is 0 Å². The van der Waals surface area contributed by atoms with Crippen molar-refractivity contribution in [3.8, 4) is 5.75 Å². The molecule has 0 radical (unpaired) electrons. The lowest BCUT2D eigenvalue weighted by atomic mass is 10.0. The van der Waals surface area contributed by atoms with Crippen LogP contribution < -0.4 is 10.1 Å². The Hall–Kier alpha value is -1.52. The molecule has 1 aromatic heterocycles. The van der Waals surface area contributed by atoms with Crippen LogP contribution in [0.15, 0.2) is 41.8 Å². The van der Waals surface area contributed by atoms with E-state index in [1.165, 1.54) is 36.5 Å². The molecule has 0 aliphatic carbocycles. The molecule has 112 valence electrons. The average Bonchev–Trinajstić information content (AvgIpc) is 3.03. The SMILES string of the molecule is COc1ccc(NC2CCN(Cc3cccs3)CC2)cc1. The quantitative estimate of drug-likeness (QED) is 0.908. The summed E-state index contributed by atoms with van der Waals surface area (Å²) in [5.41, 5.74) is 1.19. The van der Waals surface area contributed by atoms with E-state index in [4.69, 9.17) is 4.74 Å². The zero-order valence-corrected chi connectivity index (χ0v) is 13.2. The summed E-state index contributed by atoms with van der Waals surface area (Å²) >= 11 is 1.85. The summed E-state index contributed by atoms with van der Waals surface area (Å²) in [4.78, 5) is 4.02. The fraction of sp³-hybridized carbons (Fsp3) is 0.412. The Balaban J connectivity index is 1.46. The van der Waals surface area contributed by atoms with Crippen molar-refractivity contribution in [2.45, 2.75) is 25.4 Å². The second-order valence-corrected chi connectivity index (χ2v) is 6.53. The molecule has 0 amide bonds. The highest BCUT2D eigenvalue weighted by Crippen LogP contribution is 2.21. The maximum Gasteiger partial charge on any atom is 0.119 e. The standard InChI is InChI=1S/C17H22N2OS/c1-20-16-6-4-14(5-7-16)18-15-8-10-19(11-9-15)13-17-3-2-12-21-17/h2-7,12,15,18H,8-11,13H2,1H3. The van der Waals surface area contributed by atoms with E-state index in [0.29, 0.717) is 6.04 Å². The fourth-order valence-corrected chi connectivity index (χ4v) is 3.53. The highest BCUT2D eigenvalue weighted by molar-refractivity contribution is 7.09. The van der Waals surface area contributed by atoms with Crippen molar-refractivity contribution in [1.29, 1.82) is 0 Å². The van der Waals surface area contributed by atoms with E-state index in [1.807, 2.05) is 23.5 Å². The molecule has 2 heterocycles. The number of methoxy groups -OCH3 is 1. The van der Waals surface area contributed by atoms with Gasteiger partial charge in [-0.2, -0.15) is 0 Å². The van der Waals surface area contributed by atoms with Crippen molar-refractivity contribution in [3.63, 3.8) is 0 Å². The Morgan fingerprint density at radius 1 is 1.19 bits per heavy atom. The van der Waals surface area contributed by atoms with Crippen LogP contribution in [0, 0.1) is 0 Å². The summed E-state index contributed by atoms with van der Waals surface area (Å²) in [6, 6.07) is 13.2. The lowest BCUT2D eigenvalue weighted by Crippen LogP contribution is -2.38. The molecule has 21 heavy (non-hydrogen) atoms. The number of likely N-dealkylation sites (tertiary alicyclic amines) is 1. The van der Waals surface area contributed by atoms with Gasteiger partial charge >= 0.3 is 0 Å². The number of hydrogen-bond donors (Lipinski definition) is 1. The zero-order chi connectivity index (χ0) is 14.5. The van der Waals surface area contributed by atoms with Crippen LogP contribution in [0.4, 0.5) is 5.69 Å². The van der Waals surface area contributed by atoms with Crippen LogP contribution in [0.1, 0.15) is 17.7 Å². The van der Waals surface area contributed by atoms with Crippen LogP contribution in [0.25, 0.3) is 0 Å². The summed E-state index contributed by atoms with van der Waals surface area (Å²) in [5.74, 6) is 0.909. The Morgan fingerprint density at radius 3 is 2.57 bits per heavy atom. The van der Waals surface area contributed by atoms with Gasteiger partial charge in [-0.3, -0.25) is 4.90 Å². The van der Waals surface area contributed by atoms with E-state index in [9.17, 15) is 0 Å². The van der Waals surface area contributed by atoms with Crippen LogP contribution in [-0.4, -0.2) is 31.1 Å². The Labute approximate surface area is 130 Å². The first-order valence-corrected chi connectivity index (χ1v) is 8.37. The van der Waals surface area contributed by atoms with Crippen molar-refractivity contribution >= 4 is 17.0 Å². The molecule has 0 atom stereocenters. The lowest BCUT2D eigenvalue weighted by molar-refractivity contribution is 0.213. The molecule has 3 rings (SSSR count). The molecule has 1 aliphatic rings. The third-order valence-corrected chi connectivity index (χ3v) is 4.87. The van der Waals surface area contributed by atoms with Crippen molar-refractivity contribution < 1.29 is 4.74 Å². The van der Waals surface area contributed by atoms with Gasteiger partial charge in [-0.05, 0) is 48.6 Å². The molecule has 0 spiro atoms. The van der Waals surface area contributed by atoms with E-state index in [-0.39, 0.29) is 0 Å². The second-order valence-electron chi connectivity index (χ2n) is 5.50. The van der Waals surface area contributed by atoms with Crippen LogP contribution in [0.5, 0.6) is 5.75 Å². The molecule has 1 aromatic carbocycles. The molecule has 0 bridgehead atoms. The highest BCUT2D eigenvalue weighted by atomic mass is 32.1. The molecule has 1 N–H and O–H groups in total. The molecule has 4 heteroatoms. The van der Waals surface area contributed by atoms with Crippen LogP contribution in [-0.2, 0) is 6.54 Å². The van der Waals surface area contributed by atoms with E-state index in [2.05, 4.69) is 39.9 Å². The molecular formula is C17H22N2OS. The normalized spacial score (nSPS) is 16.8. The van der Waals surface area contributed by atoms with E-state index >= 15 is 0 Å². The Bertz CT molecular complexity index is 530. The minimum absolute atomic E-state index is 0.581. The third-order valence-electron chi connectivity index (χ3n) is 4.01. The van der Waals surface area contributed by atoms with Gasteiger partial charge in [-0.1, -0.05) is 6.07 Å². The minimum Gasteiger partial charge on any atom is -0.497 e. The number of anilines is 1. The molecule has 1 fully saturated rings. The topological polar surface area (TPSA) is 24.5 Å². The summed E-state index contributed by atoms with van der Waals surface area (Å²) in [5, 5.41) is 5.79. The maximum atomic E-state index is 5.19. The van der Waals surface area contributed by atoms with Gasteiger partial charge < -0.3 is 10.1 Å². The largest absolute Gasteiger partial charge is 0.497 e. The van der Waals surface area contributed by atoms with Crippen LogP contribution in [0.3, 0.4) is 0 Å². The molecule has 1 saturated heterocycles.